The fourth-order valence-electron chi connectivity index (χ4n) is 1.01. The molecule has 1 aromatic carbocycles. The second kappa shape index (κ2) is 4.54. The van der Waals surface area contributed by atoms with Gasteiger partial charge in [-0.05, 0) is 19.1 Å². The van der Waals surface area contributed by atoms with Crippen LogP contribution < -0.4 is 0 Å². The third-order valence-corrected chi connectivity index (χ3v) is 3.05. The van der Waals surface area contributed by atoms with Crippen LogP contribution in [0.4, 0.5) is 10.1 Å². The van der Waals surface area contributed by atoms with Crippen LogP contribution in [0.25, 0.3) is 0 Å². The van der Waals surface area contributed by atoms with Crippen LogP contribution in [-0.4, -0.2) is 19.9 Å². The van der Waals surface area contributed by atoms with Crippen molar-refractivity contribution < 1.29 is 21.9 Å². The summed E-state index contributed by atoms with van der Waals surface area (Å²) in [4.78, 5) is 8.95. The summed E-state index contributed by atoms with van der Waals surface area (Å²) in [7, 11) is -4.05. The van der Waals surface area contributed by atoms with Crippen LogP contribution in [0.2, 0.25) is 0 Å². The van der Waals surface area contributed by atoms with Crippen molar-refractivity contribution in [1.82, 2.24) is 0 Å². The molecule has 0 aliphatic rings. The predicted octanol–water partition coefficient (Wildman–Crippen LogP) is 1.46. The van der Waals surface area contributed by atoms with Crippen LogP contribution in [0.5, 0.6) is 0 Å². The molecule has 0 aromatic heterocycles. The van der Waals surface area contributed by atoms with Gasteiger partial charge < -0.3 is 0 Å². The molecular weight excluding hydrogens is 241 g/mol. The number of hydrogen-bond acceptors (Lipinski definition) is 5. The number of nitro groups is 1. The van der Waals surface area contributed by atoms with Gasteiger partial charge in [0, 0.05) is 6.07 Å². The van der Waals surface area contributed by atoms with E-state index in [0.29, 0.717) is 12.1 Å². The highest BCUT2D eigenvalue weighted by Gasteiger charge is 2.21. The van der Waals surface area contributed by atoms with E-state index in [2.05, 4.69) is 4.18 Å². The standard InChI is InChI=1S/C8H8FNO5S/c1-2-15-16(13,14)6-3-4-7(9)8(5-6)10(11)12/h3-5H,2H2,1H3. The first-order valence-electron chi connectivity index (χ1n) is 4.22. The molecule has 0 fully saturated rings. The summed E-state index contributed by atoms with van der Waals surface area (Å²) in [6.07, 6.45) is 0. The number of hydrogen-bond donors (Lipinski definition) is 0. The molecule has 0 atom stereocenters. The molecule has 0 saturated heterocycles. The van der Waals surface area contributed by atoms with E-state index in [4.69, 9.17) is 0 Å². The summed E-state index contributed by atoms with van der Waals surface area (Å²) in [6, 6.07) is 2.25. The van der Waals surface area contributed by atoms with E-state index < -0.39 is 31.4 Å². The van der Waals surface area contributed by atoms with E-state index >= 15 is 0 Å². The van der Waals surface area contributed by atoms with Crippen molar-refractivity contribution in [1.29, 1.82) is 0 Å². The van der Waals surface area contributed by atoms with Crippen LogP contribution in [-0.2, 0) is 14.3 Å². The maximum absolute atomic E-state index is 12.9. The zero-order chi connectivity index (χ0) is 12.3. The molecule has 0 aliphatic carbocycles. The second-order valence-electron chi connectivity index (χ2n) is 2.73. The van der Waals surface area contributed by atoms with E-state index in [0.717, 1.165) is 6.07 Å². The van der Waals surface area contributed by atoms with Gasteiger partial charge in [0.15, 0.2) is 0 Å². The number of nitrogens with zero attached hydrogens (tertiary/aromatic N) is 1. The van der Waals surface area contributed by atoms with E-state index in [-0.39, 0.29) is 6.61 Å². The molecule has 0 amide bonds. The lowest BCUT2D eigenvalue weighted by atomic mass is 10.3. The molecule has 0 N–H and O–H groups in total. The Morgan fingerprint density at radius 3 is 2.62 bits per heavy atom. The summed E-state index contributed by atoms with van der Waals surface area (Å²) in [6.45, 7) is 1.35. The van der Waals surface area contributed by atoms with Crippen LogP contribution in [0.1, 0.15) is 6.92 Å². The SMILES string of the molecule is CCOS(=O)(=O)c1ccc(F)c([N+](=O)[O-])c1. The van der Waals surface area contributed by atoms with Gasteiger partial charge in [0.1, 0.15) is 4.90 Å². The van der Waals surface area contributed by atoms with Crippen molar-refractivity contribution in [3.8, 4) is 0 Å². The Labute approximate surface area is 90.9 Å². The van der Waals surface area contributed by atoms with E-state index in [1.165, 1.54) is 6.92 Å². The fraction of sp³-hybridized carbons (Fsp3) is 0.250. The van der Waals surface area contributed by atoms with Crippen LogP contribution in [0, 0.1) is 15.9 Å². The Bertz CT molecular complexity index is 513. The molecular formula is C8H8FNO5S. The number of benzene rings is 1. The normalized spacial score (nSPS) is 11.4. The maximum Gasteiger partial charge on any atom is 0.306 e. The minimum absolute atomic E-state index is 0.104. The third kappa shape index (κ3) is 2.52. The van der Waals surface area contributed by atoms with Gasteiger partial charge in [-0.1, -0.05) is 0 Å². The summed E-state index contributed by atoms with van der Waals surface area (Å²) in [5, 5.41) is 10.4. The Morgan fingerprint density at radius 1 is 1.50 bits per heavy atom. The molecule has 0 unspecified atom stereocenters. The van der Waals surface area contributed by atoms with E-state index in [1.54, 1.807) is 0 Å². The highest BCUT2D eigenvalue weighted by atomic mass is 32.2. The monoisotopic (exact) mass is 249 g/mol. The fourth-order valence-corrected chi connectivity index (χ4v) is 1.95. The van der Waals surface area contributed by atoms with Crippen LogP contribution in [0.3, 0.4) is 0 Å². The summed E-state index contributed by atoms with van der Waals surface area (Å²) < 4.78 is 40.0. The lowest BCUT2D eigenvalue weighted by Crippen LogP contribution is -2.07. The van der Waals surface area contributed by atoms with Gasteiger partial charge in [0.25, 0.3) is 10.1 Å². The minimum atomic E-state index is -4.05. The number of rotatable bonds is 4. The zero-order valence-corrected chi connectivity index (χ0v) is 9.03. The highest BCUT2D eigenvalue weighted by Crippen LogP contribution is 2.22. The molecule has 16 heavy (non-hydrogen) atoms. The summed E-state index contributed by atoms with van der Waals surface area (Å²) >= 11 is 0. The van der Waals surface area contributed by atoms with E-state index in [9.17, 15) is 22.9 Å². The molecule has 0 heterocycles. The molecule has 88 valence electrons. The molecule has 8 heteroatoms. The topological polar surface area (TPSA) is 86.5 Å². The largest absolute Gasteiger partial charge is 0.306 e. The Hall–Kier alpha value is -1.54. The van der Waals surface area contributed by atoms with Gasteiger partial charge >= 0.3 is 5.69 Å². The van der Waals surface area contributed by atoms with Crippen molar-refractivity contribution in [3.05, 3.63) is 34.1 Å². The minimum Gasteiger partial charge on any atom is -0.267 e. The first kappa shape index (κ1) is 12.5. The van der Waals surface area contributed by atoms with Crippen molar-refractivity contribution in [3.63, 3.8) is 0 Å². The molecule has 0 aliphatic heterocycles. The molecule has 1 aromatic rings. The van der Waals surface area contributed by atoms with Gasteiger partial charge in [-0.2, -0.15) is 12.8 Å². The second-order valence-corrected chi connectivity index (χ2v) is 4.35. The molecule has 0 saturated carbocycles. The first-order valence-corrected chi connectivity index (χ1v) is 5.62. The molecule has 0 spiro atoms. The quantitative estimate of drug-likeness (QED) is 0.458. The zero-order valence-electron chi connectivity index (χ0n) is 8.21. The number of nitro benzene ring substituents is 1. The van der Waals surface area contributed by atoms with E-state index in [1.807, 2.05) is 0 Å². The summed E-state index contributed by atoms with van der Waals surface area (Å²) in [5.74, 6) is -1.10. The molecule has 1 rings (SSSR count). The molecule has 0 bridgehead atoms. The lowest BCUT2D eigenvalue weighted by molar-refractivity contribution is -0.387. The van der Waals surface area contributed by atoms with Gasteiger partial charge in [-0.3, -0.25) is 14.3 Å². The predicted molar refractivity (Wildman–Crippen MR) is 51.9 cm³/mol. The van der Waals surface area contributed by atoms with Crippen molar-refractivity contribution in [2.45, 2.75) is 11.8 Å². The van der Waals surface area contributed by atoms with Crippen LogP contribution >= 0.6 is 0 Å². The Morgan fingerprint density at radius 2 is 2.12 bits per heavy atom. The first-order chi connectivity index (χ1) is 7.38. The van der Waals surface area contributed by atoms with Gasteiger partial charge in [0.05, 0.1) is 11.5 Å². The Kier molecular flexibility index (Phi) is 3.55. The molecule has 6 nitrogen and oxygen atoms in total. The van der Waals surface area contributed by atoms with Crippen molar-refractivity contribution >= 4 is 15.8 Å². The Balaban J connectivity index is 3.28. The maximum atomic E-state index is 12.9. The number of halogens is 1. The van der Waals surface area contributed by atoms with Gasteiger partial charge in [0.2, 0.25) is 5.82 Å². The smallest absolute Gasteiger partial charge is 0.267 e. The van der Waals surface area contributed by atoms with Crippen molar-refractivity contribution in [2.75, 3.05) is 6.61 Å². The lowest BCUT2D eigenvalue weighted by Gasteiger charge is -2.03. The molecule has 0 radical (unpaired) electrons. The average molecular weight is 249 g/mol. The summed E-state index contributed by atoms with van der Waals surface area (Å²) in [5.41, 5.74) is -0.902. The van der Waals surface area contributed by atoms with Crippen LogP contribution in [0.15, 0.2) is 23.1 Å². The van der Waals surface area contributed by atoms with Gasteiger partial charge in [-0.25, -0.2) is 0 Å². The van der Waals surface area contributed by atoms with Crippen molar-refractivity contribution in [2.24, 2.45) is 0 Å². The average Bonchev–Trinajstić information content (AvgIpc) is 2.17. The highest BCUT2D eigenvalue weighted by molar-refractivity contribution is 7.86. The van der Waals surface area contributed by atoms with Gasteiger partial charge in [-0.15, -0.1) is 0 Å². The third-order valence-electron chi connectivity index (χ3n) is 1.68.